The molecule has 3 N–H and O–H groups in total. The number of halogens is 3. The van der Waals surface area contributed by atoms with Crippen LogP contribution in [-0.2, 0) is 12.7 Å². The van der Waals surface area contributed by atoms with E-state index in [9.17, 15) is 23.1 Å². The molecule has 1 aromatic carbocycles. The summed E-state index contributed by atoms with van der Waals surface area (Å²) < 4.78 is 46.2. The Morgan fingerprint density at radius 2 is 2.00 bits per heavy atom. The highest BCUT2D eigenvalue weighted by Gasteiger charge is 2.35. The lowest BCUT2D eigenvalue weighted by Gasteiger charge is -2.36. The van der Waals surface area contributed by atoms with E-state index in [0.717, 1.165) is 10.7 Å². The maximum atomic E-state index is 13.3. The fraction of sp³-hybridized carbons (Fsp3) is 0.286. The second-order valence-electron chi connectivity index (χ2n) is 7.37. The Kier molecular flexibility index (Phi) is 6.09. The third-order valence-electron chi connectivity index (χ3n) is 5.01. The normalized spacial score (nSPS) is 14.0. The second-order valence-corrected chi connectivity index (χ2v) is 7.37. The van der Waals surface area contributed by atoms with Crippen LogP contribution in [0.15, 0.2) is 48.7 Å². The van der Waals surface area contributed by atoms with Gasteiger partial charge in [0.1, 0.15) is 17.3 Å². The minimum absolute atomic E-state index is 0.117. The zero-order valence-corrected chi connectivity index (χ0v) is 17.5. The number of alkyl halides is 3. The quantitative estimate of drug-likeness (QED) is 0.521. The number of carbonyl (C=O) groups excluding carboxylic acids is 1. The van der Waals surface area contributed by atoms with Crippen LogP contribution in [0.5, 0.6) is 5.75 Å². The summed E-state index contributed by atoms with van der Waals surface area (Å²) in [6.07, 6.45) is -3.55. The number of pyridine rings is 1. The summed E-state index contributed by atoms with van der Waals surface area (Å²) in [6, 6.07) is 10.1. The molecule has 0 radical (unpaired) electrons. The van der Waals surface area contributed by atoms with Gasteiger partial charge in [-0.25, -0.2) is 14.5 Å². The van der Waals surface area contributed by atoms with Crippen molar-refractivity contribution in [3.63, 3.8) is 0 Å². The van der Waals surface area contributed by atoms with Crippen LogP contribution in [0.25, 0.3) is 5.69 Å². The average Bonchev–Trinajstić information content (AvgIpc) is 3.21. The van der Waals surface area contributed by atoms with Crippen LogP contribution in [0.2, 0.25) is 0 Å². The average molecular weight is 462 g/mol. The predicted molar refractivity (Wildman–Crippen MR) is 113 cm³/mol. The standard InChI is InChI=1S/C21H21F3N6O3/c1-33-17-5-3-2-4-16(17)30-14(8-18(28-30)21(22,23)24)10-26-20(32)27-13-6-7-19(25-9-13)29-11-15(31)12-29/h2-9,15,31H,10-12H2,1H3,(H2,26,27,32). The molecule has 1 saturated heterocycles. The van der Waals surface area contributed by atoms with E-state index in [1.807, 2.05) is 4.90 Å². The molecule has 33 heavy (non-hydrogen) atoms. The lowest BCUT2D eigenvalue weighted by molar-refractivity contribution is -0.141. The van der Waals surface area contributed by atoms with E-state index < -0.39 is 17.9 Å². The number of methoxy groups -OCH3 is 1. The maximum Gasteiger partial charge on any atom is 0.435 e. The SMILES string of the molecule is COc1ccccc1-n1nc(C(F)(F)F)cc1CNC(=O)Nc1ccc(N2CC(O)C2)nc1. The van der Waals surface area contributed by atoms with Gasteiger partial charge in [0.25, 0.3) is 0 Å². The molecule has 9 nitrogen and oxygen atoms in total. The van der Waals surface area contributed by atoms with Crippen molar-refractivity contribution in [2.24, 2.45) is 0 Å². The van der Waals surface area contributed by atoms with Gasteiger partial charge in [-0.1, -0.05) is 12.1 Å². The molecule has 0 atom stereocenters. The molecule has 1 aliphatic rings. The van der Waals surface area contributed by atoms with Gasteiger partial charge in [-0.3, -0.25) is 0 Å². The number of para-hydroxylation sites is 2. The van der Waals surface area contributed by atoms with Gasteiger partial charge in [-0.05, 0) is 30.3 Å². The zero-order chi connectivity index (χ0) is 23.6. The number of aliphatic hydroxyl groups excluding tert-OH is 1. The molecule has 0 spiro atoms. The summed E-state index contributed by atoms with van der Waals surface area (Å²) >= 11 is 0. The van der Waals surface area contributed by atoms with Gasteiger partial charge >= 0.3 is 12.2 Å². The van der Waals surface area contributed by atoms with Crippen LogP contribution in [0, 0.1) is 0 Å². The minimum Gasteiger partial charge on any atom is -0.494 e. The summed E-state index contributed by atoms with van der Waals surface area (Å²) in [7, 11) is 1.40. The van der Waals surface area contributed by atoms with Gasteiger partial charge in [0.05, 0.1) is 37.3 Å². The third kappa shape index (κ3) is 5.00. The first-order chi connectivity index (χ1) is 15.7. The number of hydrogen-bond acceptors (Lipinski definition) is 6. The predicted octanol–water partition coefficient (Wildman–Crippen LogP) is 2.80. The molecule has 12 heteroatoms. The molecule has 0 unspecified atom stereocenters. The number of nitrogens with one attached hydrogen (secondary N) is 2. The molecule has 2 amide bonds. The van der Waals surface area contributed by atoms with Crippen molar-refractivity contribution in [3.05, 3.63) is 60.0 Å². The number of amides is 2. The molecular formula is C21H21F3N6O3. The number of β-amino-alcohol motifs (C(OH)–C–C–N with tert-alkyl or cyclic N) is 1. The Hall–Kier alpha value is -3.80. The summed E-state index contributed by atoms with van der Waals surface area (Å²) in [6.45, 7) is 0.782. The number of rotatable bonds is 6. The molecule has 3 heterocycles. The fourth-order valence-electron chi connectivity index (χ4n) is 3.33. The molecule has 0 aliphatic carbocycles. The molecule has 2 aromatic heterocycles. The van der Waals surface area contributed by atoms with Crippen LogP contribution < -0.4 is 20.3 Å². The Morgan fingerprint density at radius 1 is 1.24 bits per heavy atom. The van der Waals surface area contributed by atoms with Crippen LogP contribution in [0.1, 0.15) is 11.4 Å². The van der Waals surface area contributed by atoms with Crippen molar-refractivity contribution >= 4 is 17.5 Å². The Labute approximate surface area is 186 Å². The van der Waals surface area contributed by atoms with Gasteiger partial charge in [-0.15, -0.1) is 0 Å². The Balaban J connectivity index is 1.46. The van der Waals surface area contributed by atoms with Crippen molar-refractivity contribution in [1.29, 1.82) is 0 Å². The first-order valence-corrected chi connectivity index (χ1v) is 9.98. The topological polar surface area (TPSA) is 105 Å². The molecule has 1 aliphatic heterocycles. The number of nitrogens with zero attached hydrogens (tertiary/aromatic N) is 4. The molecule has 0 bridgehead atoms. The number of aliphatic hydroxyl groups is 1. The van der Waals surface area contributed by atoms with Crippen molar-refractivity contribution in [2.45, 2.75) is 18.8 Å². The lowest BCUT2D eigenvalue weighted by atomic mass is 10.2. The van der Waals surface area contributed by atoms with E-state index in [1.54, 1.807) is 36.4 Å². The number of urea groups is 1. The zero-order valence-electron chi connectivity index (χ0n) is 17.5. The van der Waals surface area contributed by atoms with E-state index in [4.69, 9.17) is 4.74 Å². The first-order valence-electron chi connectivity index (χ1n) is 9.98. The van der Waals surface area contributed by atoms with Crippen molar-refractivity contribution in [1.82, 2.24) is 20.1 Å². The van der Waals surface area contributed by atoms with Gasteiger partial charge in [0.2, 0.25) is 0 Å². The largest absolute Gasteiger partial charge is 0.494 e. The van der Waals surface area contributed by atoms with Crippen molar-refractivity contribution in [2.75, 3.05) is 30.4 Å². The minimum atomic E-state index is -4.65. The van der Waals surface area contributed by atoms with Gasteiger partial charge in [0, 0.05) is 13.1 Å². The summed E-state index contributed by atoms with van der Waals surface area (Å²) in [5.74, 6) is 1.01. The number of hydrogen-bond donors (Lipinski definition) is 3. The molecule has 4 rings (SSSR count). The van der Waals surface area contributed by atoms with E-state index >= 15 is 0 Å². The van der Waals surface area contributed by atoms with E-state index in [2.05, 4.69) is 20.7 Å². The Bertz CT molecular complexity index is 1130. The van der Waals surface area contributed by atoms with Crippen LogP contribution in [0.3, 0.4) is 0 Å². The summed E-state index contributed by atoms with van der Waals surface area (Å²) in [5, 5.41) is 18.2. The fourth-order valence-corrected chi connectivity index (χ4v) is 3.33. The smallest absolute Gasteiger partial charge is 0.435 e. The number of carbonyl (C=O) groups is 1. The Morgan fingerprint density at radius 3 is 2.64 bits per heavy atom. The monoisotopic (exact) mass is 462 g/mol. The van der Waals surface area contributed by atoms with Gasteiger partial charge < -0.3 is 25.4 Å². The number of ether oxygens (including phenoxy) is 1. The molecule has 1 fully saturated rings. The molecular weight excluding hydrogens is 441 g/mol. The van der Waals surface area contributed by atoms with Crippen LogP contribution in [-0.4, -0.2) is 52.2 Å². The third-order valence-corrected chi connectivity index (χ3v) is 5.01. The number of anilines is 2. The summed E-state index contributed by atoms with van der Waals surface area (Å²) in [4.78, 5) is 18.4. The van der Waals surface area contributed by atoms with Crippen molar-refractivity contribution < 1.29 is 27.8 Å². The molecule has 3 aromatic rings. The molecule has 0 saturated carbocycles. The number of benzene rings is 1. The molecule has 174 valence electrons. The first kappa shape index (κ1) is 22.4. The van der Waals surface area contributed by atoms with Crippen LogP contribution >= 0.6 is 0 Å². The highest BCUT2D eigenvalue weighted by atomic mass is 19.4. The van der Waals surface area contributed by atoms with Gasteiger partial charge in [-0.2, -0.15) is 18.3 Å². The summed E-state index contributed by atoms with van der Waals surface area (Å²) in [5.41, 5.74) is -0.247. The highest BCUT2D eigenvalue weighted by molar-refractivity contribution is 5.89. The maximum absolute atomic E-state index is 13.3. The number of aromatic nitrogens is 3. The lowest BCUT2D eigenvalue weighted by Crippen LogP contribution is -2.51. The highest BCUT2D eigenvalue weighted by Crippen LogP contribution is 2.31. The van der Waals surface area contributed by atoms with E-state index in [0.29, 0.717) is 36.0 Å². The second kappa shape index (κ2) is 8.98. The van der Waals surface area contributed by atoms with Gasteiger partial charge in [0.15, 0.2) is 5.69 Å². The van der Waals surface area contributed by atoms with E-state index in [-0.39, 0.29) is 18.3 Å². The van der Waals surface area contributed by atoms with Crippen molar-refractivity contribution in [3.8, 4) is 11.4 Å². The van der Waals surface area contributed by atoms with Crippen LogP contribution in [0.4, 0.5) is 29.5 Å². The van der Waals surface area contributed by atoms with E-state index in [1.165, 1.54) is 13.3 Å².